The van der Waals surface area contributed by atoms with Gasteiger partial charge in [0.2, 0.25) is 6.29 Å². The second-order valence-electron chi connectivity index (χ2n) is 2.71. The highest BCUT2D eigenvalue weighted by Gasteiger charge is 2.06. The summed E-state index contributed by atoms with van der Waals surface area (Å²) in [5, 5.41) is 8.99. The molecule has 0 fully saturated rings. The zero-order chi connectivity index (χ0) is 9.68. The standard InChI is InChI=1S/C9H11N2O2/c10-11-8(6-12)5-7-1-3-9(13)4-2-7/h1-4,8,11,13H,5,10H2. The molecule has 0 saturated heterocycles. The van der Waals surface area contributed by atoms with Gasteiger partial charge in [-0.25, -0.2) is 5.43 Å². The average Bonchev–Trinajstić information content (AvgIpc) is 2.17. The quantitative estimate of drug-likeness (QED) is 0.445. The van der Waals surface area contributed by atoms with Gasteiger partial charge in [-0.3, -0.25) is 10.6 Å². The summed E-state index contributed by atoms with van der Waals surface area (Å²) < 4.78 is 0. The molecule has 4 heteroatoms. The van der Waals surface area contributed by atoms with Gasteiger partial charge in [0.15, 0.2) is 0 Å². The molecule has 0 spiro atoms. The van der Waals surface area contributed by atoms with Gasteiger partial charge in [-0.1, -0.05) is 12.1 Å². The summed E-state index contributed by atoms with van der Waals surface area (Å²) in [5.74, 6) is 5.30. The van der Waals surface area contributed by atoms with Crippen molar-refractivity contribution in [3.8, 4) is 5.75 Å². The molecule has 13 heavy (non-hydrogen) atoms. The topological polar surface area (TPSA) is 75.3 Å². The first kappa shape index (κ1) is 9.70. The summed E-state index contributed by atoms with van der Waals surface area (Å²) in [7, 11) is 0. The monoisotopic (exact) mass is 179 g/mol. The second-order valence-corrected chi connectivity index (χ2v) is 2.71. The third-order valence-electron chi connectivity index (χ3n) is 1.72. The largest absolute Gasteiger partial charge is 0.508 e. The zero-order valence-corrected chi connectivity index (χ0v) is 7.03. The molecule has 0 aliphatic rings. The molecule has 1 aromatic carbocycles. The lowest BCUT2D eigenvalue weighted by Gasteiger charge is -2.07. The van der Waals surface area contributed by atoms with Crippen LogP contribution in [-0.4, -0.2) is 17.4 Å². The number of nitrogens with two attached hydrogens (primary N) is 1. The minimum absolute atomic E-state index is 0.205. The van der Waals surface area contributed by atoms with Crippen molar-refractivity contribution >= 4 is 6.29 Å². The minimum Gasteiger partial charge on any atom is -0.508 e. The molecule has 0 heterocycles. The van der Waals surface area contributed by atoms with E-state index in [2.05, 4.69) is 5.43 Å². The van der Waals surface area contributed by atoms with Crippen LogP contribution in [-0.2, 0) is 11.2 Å². The van der Waals surface area contributed by atoms with Crippen LogP contribution >= 0.6 is 0 Å². The predicted octanol–water partition coefficient (Wildman–Crippen LogP) is -0.124. The van der Waals surface area contributed by atoms with E-state index < -0.39 is 6.04 Å². The Morgan fingerprint density at radius 1 is 1.46 bits per heavy atom. The van der Waals surface area contributed by atoms with Crippen molar-refractivity contribution in [1.29, 1.82) is 0 Å². The fourth-order valence-corrected chi connectivity index (χ4v) is 1.00. The Balaban J connectivity index is 2.63. The van der Waals surface area contributed by atoms with Gasteiger partial charge in [0, 0.05) is 0 Å². The smallest absolute Gasteiger partial charge is 0.218 e. The molecule has 0 saturated carbocycles. The number of carbonyl (C=O) groups excluding carboxylic acids is 1. The summed E-state index contributed by atoms with van der Waals surface area (Å²) in [4.78, 5) is 10.3. The Hall–Kier alpha value is -1.39. The Labute approximate surface area is 76.3 Å². The number of benzene rings is 1. The lowest BCUT2D eigenvalue weighted by molar-refractivity contribution is 0.475. The number of aromatic hydroxyl groups is 1. The second kappa shape index (κ2) is 4.59. The van der Waals surface area contributed by atoms with E-state index in [9.17, 15) is 4.79 Å². The molecule has 0 aromatic heterocycles. The number of phenols is 1. The van der Waals surface area contributed by atoms with Gasteiger partial charge in [-0.15, -0.1) is 0 Å². The van der Waals surface area contributed by atoms with Crippen LogP contribution in [0.15, 0.2) is 24.3 Å². The van der Waals surface area contributed by atoms with Crippen molar-refractivity contribution in [2.75, 3.05) is 0 Å². The first-order valence-corrected chi connectivity index (χ1v) is 3.88. The Morgan fingerprint density at radius 2 is 2.08 bits per heavy atom. The summed E-state index contributed by atoms with van der Waals surface area (Å²) >= 11 is 0. The van der Waals surface area contributed by atoms with E-state index in [0.29, 0.717) is 6.42 Å². The molecule has 1 unspecified atom stereocenters. The Kier molecular flexibility index (Phi) is 3.42. The molecule has 4 nitrogen and oxygen atoms in total. The molecule has 1 radical (unpaired) electrons. The molecule has 0 aliphatic carbocycles. The van der Waals surface area contributed by atoms with E-state index in [4.69, 9.17) is 10.9 Å². The van der Waals surface area contributed by atoms with Gasteiger partial charge in [0.1, 0.15) is 5.75 Å². The highest BCUT2D eigenvalue weighted by molar-refractivity contribution is 5.59. The van der Waals surface area contributed by atoms with Crippen LogP contribution in [0.2, 0.25) is 0 Å². The van der Waals surface area contributed by atoms with Crippen molar-refractivity contribution in [3.63, 3.8) is 0 Å². The van der Waals surface area contributed by atoms with Gasteiger partial charge in [-0.05, 0) is 24.1 Å². The van der Waals surface area contributed by atoms with E-state index in [1.54, 1.807) is 30.6 Å². The molecule has 0 aliphatic heterocycles. The number of phenolic OH excluding ortho intramolecular Hbond substituents is 1. The maximum atomic E-state index is 10.3. The summed E-state index contributed by atoms with van der Waals surface area (Å²) in [6.45, 7) is 0. The molecule has 69 valence electrons. The highest BCUT2D eigenvalue weighted by atomic mass is 16.3. The molecule has 1 atom stereocenters. The molecule has 0 amide bonds. The van der Waals surface area contributed by atoms with Gasteiger partial charge in [0.25, 0.3) is 0 Å². The Bertz CT molecular complexity index is 271. The number of hydrogen-bond donors (Lipinski definition) is 3. The van der Waals surface area contributed by atoms with Crippen molar-refractivity contribution in [2.45, 2.75) is 12.5 Å². The van der Waals surface area contributed by atoms with Gasteiger partial charge in [-0.2, -0.15) is 0 Å². The predicted molar refractivity (Wildman–Crippen MR) is 48.6 cm³/mol. The third-order valence-corrected chi connectivity index (χ3v) is 1.72. The van der Waals surface area contributed by atoms with Gasteiger partial charge in [0.05, 0.1) is 6.04 Å². The van der Waals surface area contributed by atoms with E-state index in [-0.39, 0.29) is 5.75 Å². The highest BCUT2D eigenvalue weighted by Crippen LogP contribution is 2.10. The molecule has 0 bridgehead atoms. The normalized spacial score (nSPS) is 12.4. The lowest BCUT2D eigenvalue weighted by atomic mass is 10.1. The number of rotatable bonds is 4. The molecular formula is C9H11N2O2. The Morgan fingerprint density at radius 3 is 2.54 bits per heavy atom. The fraction of sp³-hybridized carbons (Fsp3) is 0.222. The van der Waals surface area contributed by atoms with Crippen LogP contribution in [0.25, 0.3) is 0 Å². The van der Waals surface area contributed by atoms with Gasteiger partial charge >= 0.3 is 0 Å². The SMILES string of the molecule is NNC([C]=O)Cc1ccc(O)cc1. The van der Waals surface area contributed by atoms with Crippen LogP contribution in [0.3, 0.4) is 0 Å². The van der Waals surface area contributed by atoms with Crippen LogP contribution in [0.5, 0.6) is 5.75 Å². The lowest BCUT2D eigenvalue weighted by Crippen LogP contribution is -2.37. The third kappa shape index (κ3) is 2.85. The van der Waals surface area contributed by atoms with Crippen LogP contribution in [0.4, 0.5) is 0 Å². The first-order chi connectivity index (χ1) is 6.26. The number of hydrogen-bond acceptors (Lipinski definition) is 4. The van der Waals surface area contributed by atoms with E-state index in [0.717, 1.165) is 5.56 Å². The summed E-state index contributed by atoms with van der Waals surface area (Å²) in [6, 6.07) is 6.10. The van der Waals surface area contributed by atoms with Crippen LogP contribution in [0.1, 0.15) is 5.56 Å². The number of nitrogens with one attached hydrogen (secondary N) is 1. The molecule has 4 N–H and O–H groups in total. The van der Waals surface area contributed by atoms with Crippen LogP contribution in [0, 0.1) is 0 Å². The van der Waals surface area contributed by atoms with E-state index in [1.807, 2.05) is 0 Å². The minimum atomic E-state index is -0.496. The number of hydrazine groups is 1. The average molecular weight is 179 g/mol. The molecular weight excluding hydrogens is 168 g/mol. The van der Waals surface area contributed by atoms with Gasteiger partial charge < -0.3 is 5.11 Å². The van der Waals surface area contributed by atoms with Crippen LogP contribution < -0.4 is 11.3 Å². The molecule has 1 aromatic rings. The summed E-state index contributed by atoms with van der Waals surface area (Å²) in [6.07, 6.45) is 2.24. The fourth-order valence-electron chi connectivity index (χ4n) is 1.00. The van der Waals surface area contributed by atoms with Crippen molar-refractivity contribution in [1.82, 2.24) is 5.43 Å². The first-order valence-electron chi connectivity index (χ1n) is 3.88. The maximum absolute atomic E-state index is 10.3. The van der Waals surface area contributed by atoms with E-state index >= 15 is 0 Å². The summed E-state index contributed by atoms with van der Waals surface area (Å²) in [5.41, 5.74) is 3.25. The van der Waals surface area contributed by atoms with Crippen molar-refractivity contribution < 1.29 is 9.90 Å². The van der Waals surface area contributed by atoms with Crippen molar-refractivity contribution in [3.05, 3.63) is 29.8 Å². The molecule has 1 rings (SSSR count). The maximum Gasteiger partial charge on any atom is 0.218 e. The zero-order valence-electron chi connectivity index (χ0n) is 7.03. The van der Waals surface area contributed by atoms with Crippen molar-refractivity contribution in [2.24, 2.45) is 5.84 Å². The van der Waals surface area contributed by atoms with E-state index in [1.165, 1.54) is 0 Å².